The van der Waals surface area contributed by atoms with Crippen molar-refractivity contribution in [1.29, 1.82) is 0 Å². The van der Waals surface area contributed by atoms with Gasteiger partial charge in [-0.15, -0.1) is 0 Å². The zero-order valence-corrected chi connectivity index (χ0v) is 16.9. The lowest BCUT2D eigenvalue weighted by Gasteiger charge is -2.30. The number of hydrogen-bond acceptors (Lipinski definition) is 4. The van der Waals surface area contributed by atoms with Crippen molar-refractivity contribution >= 4 is 17.3 Å². The van der Waals surface area contributed by atoms with Crippen molar-refractivity contribution in [3.05, 3.63) is 78.3 Å². The lowest BCUT2D eigenvalue weighted by atomic mass is 10.0. The third-order valence-electron chi connectivity index (χ3n) is 5.70. The molecule has 0 bridgehead atoms. The Morgan fingerprint density at radius 3 is 2.90 bits per heavy atom. The molecule has 2 fully saturated rings. The van der Waals surface area contributed by atoms with Crippen LogP contribution in [0, 0.1) is 0 Å². The highest BCUT2D eigenvalue weighted by Gasteiger charge is 2.42. The minimum absolute atomic E-state index is 0.0182. The molecule has 2 saturated heterocycles. The van der Waals surface area contributed by atoms with E-state index in [0.717, 1.165) is 42.6 Å². The molecule has 3 aromatic heterocycles. The lowest BCUT2D eigenvalue weighted by Crippen LogP contribution is -2.36. The van der Waals surface area contributed by atoms with Crippen molar-refractivity contribution in [3.63, 3.8) is 0 Å². The van der Waals surface area contributed by atoms with Gasteiger partial charge in [0.05, 0.1) is 36.7 Å². The molecule has 0 saturated carbocycles. The predicted octanol–water partition coefficient (Wildman–Crippen LogP) is 3.68. The highest BCUT2D eigenvalue weighted by molar-refractivity contribution is 7.80. The van der Waals surface area contributed by atoms with Gasteiger partial charge in [0.2, 0.25) is 0 Å². The van der Waals surface area contributed by atoms with E-state index in [1.165, 1.54) is 5.69 Å². The minimum Gasteiger partial charge on any atom is -0.467 e. The molecule has 0 unspecified atom stereocenters. The van der Waals surface area contributed by atoms with Gasteiger partial charge in [0.15, 0.2) is 5.11 Å². The van der Waals surface area contributed by atoms with Crippen LogP contribution in [-0.4, -0.2) is 38.8 Å². The maximum atomic E-state index is 5.92. The second-order valence-electron chi connectivity index (χ2n) is 7.55. The highest BCUT2D eigenvalue weighted by Crippen LogP contribution is 2.39. The van der Waals surface area contributed by atoms with Crippen LogP contribution in [0.2, 0.25) is 0 Å². The van der Waals surface area contributed by atoms with E-state index in [1.54, 1.807) is 6.26 Å². The average molecular weight is 409 g/mol. The van der Waals surface area contributed by atoms with Crippen molar-refractivity contribution in [3.8, 4) is 0 Å². The number of thiocarbonyl (C=S) groups is 1. The number of nitrogens with zero attached hydrogens (tertiary/aromatic N) is 3. The van der Waals surface area contributed by atoms with Crippen molar-refractivity contribution < 1.29 is 9.15 Å². The van der Waals surface area contributed by atoms with E-state index in [4.69, 9.17) is 21.4 Å². The van der Waals surface area contributed by atoms with E-state index in [9.17, 15) is 0 Å². The molecular weight excluding hydrogens is 384 g/mol. The molecule has 3 aromatic rings. The molecule has 7 heteroatoms. The Morgan fingerprint density at radius 1 is 1.17 bits per heavy atom. The highest BCUT2D eigenvalue weighted by atomic mass is 32.1. The molecular formula is C22H24N4O2S. The number of hydrogen-bond donors (Lipinski definition) is 1. The summed E-state index contributed by atoms with van der Waals surface area (Å²) in [6.07, 6.45) is 8.05. The summed E-state index contributed by atoms with van der Waals surface area (Å²) in [6.45, 7) is 2.30. The monoisotopic (exact) mass is 408 g/mol. The largest absolute Gasteiger partial charge is 0.467 e. The van der Waals surface area contributed by atoms with Crippen LogP contribution in [0.3, 0.4) is 0 Å². The molecule has 5 heterocycles. The Balaban J connectivity index is 1.51. The van der Waals surface area contributed by atoms with Gasteiger partial charge in [0, 0.05) is 31.2 Å². The Labute approximate surface area is 175 Å². The van der Waals surface area contributed by atoms with Crippen LogP contribution in [0.4, 0.5) is 0 Å². The van der Waals surface area contributed by atoms with Crippen molar-refractivity contribution in [2.24, 2.45) is 0 Å². The quantitative estimate of drug-likeness (QED) is 0.628. The molecule has 0 amide bonds. The summed E-state index contributed by atoms with van der Waals surface area (Å²) in [6, 6.07) is 14.2. The fourth-order valence-electron chi connectivity index (χ4n) is 4.34. The summed E-state index contributed by atoms with van der Waals surface area (Å²) in [5, 5.41) is 4.28. The molecule has 2 aliphatic rings. The first-order chi connectivity index (χ1) is 14.3. The maximum Gasteiger partial charge on any atom is 0.170 e. The maximum absolute atomic E-state index is 5.92. The summed E-state index contributed by atoms with van der Waals surface area (Å²) in [4.78, 5) is 6.90. The van der Waals surface area contributed by atoms with Crippen LogP contribution in [-0.2, 0) is 11.3 Å². The Morgan fingerprint density at radius 2 is 2.14 bits per heavy atom. The van der Waals surface area contributed by atoms with Crippen molar-refractivity contribution in [2.75, 3.05) is 13.2 Å². The zero-order chi connectivity index (χ0) is 19.6. The number of rotatable bonds is 6. The summed E-state index contributed by atoms with van der Waals surface area (Å²) in [5.74, 6) is 0.927. The van der Waals surface area contributed by atoms with E-state index in [0.29, 0.717) is 6.54 Å². The molecule has 29 heavy (non-hydrogen) atoms. The SMILES string of the molecule is S=C1N[C@H](c2ccccn2)[C@@H](c2cccn2Cc2ccco2)N1C[C@H]1CCCO1. The van der Waals surface area contributed by atoms with E-state index in [2.05, 4.69) is 44.2 Å². The fraction of sp³-hybridized carbons (Fsp3) is 0.364. The van der Waals surface area contributed by atoms with Gasteiger partial charge in [0.1, 0.15) is 5.76 Å². The summed E-state index contributed by atoms with van der Waals surface area (Å²) < 4.78 is 13.7. The van der Waals surface area contributed by atoms with E-state index in [-0.39, 0.29) is 18.2 Å². The molecule has 0 spiro atoms. The van der Waals surface area contributed by atoms with Crippen LogP contribution in [0.1, 0.15) is 42.1 Å². The van der Waals surface area contributed by atoms with Crippen LogP contribution >= 0.6 is 12.2 Å². The molecule has 1 N–H and O–H groups in total. The smallest absolute Gasteiger partial charge is 0.170 e. The predicted molar refractivity (Wildman–Crippen MR) is 113 cm³/mol. The first kappa shape index (κ1) is 18.4. The molecule has 0 radical (unpaired) electrons. The normalized spacial score (nSPS) is 24.2. The minimum atomic E-state index is -0.0182. The average Bonchev–Trinajstić information content (AvgIpc) is 3.53. The van der Waals surface area contributed by atoms with E-state index < -0.39 is 0 Å². The van der Waals surface area contributed by atoms with Crippen molar-refractivity contribution in [1.82, 2.24) is 19.8 Å². The first-order valence-corrected chi connectivity index (χ1v) is 10.5. The van der Waals surface area contributed by atoms with E-state index in [1.807, 2.05) is 30.5 Å². The number of nitrogens with one attached hydrogen (secondary N) is 1. The Kier molecular flexibility index (Phi) is 5.08. The number of furan rings is 1. The fourth-order valence-corrected chi connectivity index (χ4v) is 4.66. The van der Waals surface area contributed by atoms with Gasteiger partial charge in [-0.05, 0) is 61.5 Å². The standard InChI is InChI=1S/C22H24N4O2S/c29-22-24-20(18-8-1-2-10-23-18)21(26(22)15-17-7-5-13-28-17)19-9-3-11-25(19)14-16-6-4-12-27-16/h1-4,6,8-12,17,20-21H,5,7,13-15H2,(H,24,29)/t17-,20-,21-/m1/s1. The van der Waals surface area contributed by atoms with Gasteiger partial charge in [-0.25, -0.2) is 0 Å². The van der Waals surface area contributed by atoms with Gasteiger partial charge in [-0.3, -0.25) is 4.98 Å². The van der Waals surface area contributed by atoms with Gasteiger partial charge < -0.3 is 23.9 Å². The van der Waals surface area contributed by atoms with Gasteiger partial charge in [-0.2, -0.15) is 0 Å². The third-order valence-corrected chi connectivity index (χ3v) is 6.05. The molecule has 0 aliphatic carbocycles. The third kappa shape index (κ3) is 3.68. The van der Waals surface area contributed by atoms with Crippen LogP contribution in [0.5, 0.6) is 0 Å². The molecule has 150 valence electrons. The van der Waals surface area contributed by atoms with Crippen LogP contribution in [0.25, 0.3) is 0 Å². The Bertz CT molecular complexity index is 950. The second-order valence-corrected chi connectivity index (χ2v) is 7.94. The topological polar surface area (TPSA) is 55.5 Å². The van der Waals surface area contributed by atoms with Crippen LogP contribution < -0.4 is 5.32 Å². The molecule has 2 aliphatic heterocycles. The summed E-state index contributed by atoms with van der Waals surface area (Å²) in [5.41, 5.74) is 2.17. The number of pyridine rings is 1. The van der Waals surface area contributed by atoms with E-state index >= 15 is 0 Å². The zero-order valence-electron chi connectivity index (χ0n) is 16.1. The van der Waals surface area contributed by atoms with Gasteiger partial charge in [0.25, 0.3) is 0 Å². The molecule has 6 nitrogen and oxygen atoms in total. The van der Waals surface area contributed by atoms with Crippen LogP contribution in [0.15, 0.2) is 65.5 Å². The molecule has 0 aromatic carbocycles. The Hall–Kier alpha value is -2.64. The van der Waals surface area contributed by atoms with Crippen molar-refractivity contribution in [2.45, 2.75) is 37.6 Å². The molecule has 5 rings (SSSR count). The number of ether oxygens (including phenoxy) is 1. The van der Waals surface area contributed by atoms with Gasteiger partial charge in [-0.1, -0.05) is 6.07 Å². The number of aromatic nitrogens is 2. The first-order valence-electron chi connectivity index (χ1n) is 10.1. The molecule has 3 atom stereocenters. The second kappa shape index (κ2) is 8.00. The van der Waals surface area contributed by atoms with Gasteiger partial charge >= 0.3 is 0 Å². The summed E-state index contributed by atoms with van der Waals surface area (Å²) >= 11 is 5.77. The summed E-state index contributed by atoms with van der Waals surface area (Å²) in [7, 11) is 0. The lowest BCUT2D eigenvalue weighted by molar-refractivity contribution is 0.0834.